The maximum absolute atomic E-state index is 12.0. The van der Waals surface area contributed by atoms with E-state index in [0.717, 1.165) is 5.56 Å². The highest BCUT2D eigenvalue weighted by atomic mass is 32.1. The van der Waals surface area contributed by atoms with Gasteiger partial charge in [0.2, 0.25) is 0 Å². The molecule has 1 N–H and O–H groups in total. The first kappa shape index (κ1) is 14.0. The van der Waals surface area contributed by atoms with Gasteiger partial charge in [0.15, 0.2) is 0 Å². The number of thiophene rings is 1. The predicted molar refractivity (Wildman–Crippen MR) is 78.2 cm³/mol. The van der Waals surface area contributed by atoms with E-state index in [-0.39, 0.29) is 11.6 Å². The number of carbonyl (C=O) groups is 2. The van der Waals surface area contributed by atoms with Gasteiger partial charge < -0.3 is 10.1 Å². The van der Waals surface area contributed by atoms with E-state index in [1.54, 1.807) is 30.3 Å². The lowest BCUT2D eigenvalue weighted by Crippen LogP contribution is -2.27. The predicted octanol–water partition coefficient (Wildman–Crippen LogP) is 2.69. The van der Waals surface area contributed by atoms with Gasteiger partial charge in [-0.2, -0.15) is 11.3 Å². The first-order valence-corrected chi connectivity index (χ1v) is 6.83. The standard InChI is InChI=1S/C15H13NO3S/c1-19-15(18)13(9-11-7-8-20-10-11)16-14(17)12-5-3-2-4-6-12/h2-10H,1H3,(H,16,17)/b13-9+. The van der Waals surface area contributed by atoms with Crippen LogP contribution in [0, 0.1) is 0 Å². The van der Waals surface area contributed by atoms with E-state index in [1.165, 1.54) is 18.4 Å². The topological polar surface area (TPSA) is 55.4 Å². The largest absolute Gasteiger partial charge is 0.464 e. The van der Waals surface area contributed by atoms with Crippen molar-refractivity contribution >= 4 is 29.3 Å². The quantitative estimate of drug-likeness (QED) is 0.695. The molecule has 0 fully saturated rings. The van der Waals surface area contributed by atoms with Gasteiger partial charge in [-0.15, -0.1) is 0 Å². The fraction of sp³-hybridized carbons (Fsp3) is 0.0667. The molecule has 5 heteroatoms. The molecule has 0 saturated heterocycles. The van der Waals surface area contributed by atoms with Crippen molar-refractivity contribution < 1.29 is 14.3 Å². The molecule has 0 saturated carbocycles. The molecular weight excluding hydrogens is 274 g/mol. The van der Waals surface area contributed by atoms with Crippen molar-refractivity contribution in [3.05, 3.63) is 64.0 Å². The molecule has 0 atom stereocenters. The summed E-state index contributed by atoms with van der Waals surface area (Å²) in [7, 11) is 1.28. The molecule has 1 heterocycles. The van der Waals surface area contributed by atoms with Gasteiger partial charge in [0.1, 0.15) is 5.70 Å². The minimum atomic E-state index is -0.583. The second kappa shape index (κ2) is 6.68. The molecule has 0 bridgehead atoms. The van der Waals surface area contributed by atoms with Crippen LogP contribution in [0.5, 0.6) is 0 Å². The second-order valence-electron chi connectivity index (χ2n) is 3.93. The summed E-state index contributed by atoms with van der Waals surface area (Å²) in [4.78, 5) is 23.8. The molecule has 1 amide bonds. The summed E-state index contributed by atoms with van der Waals surface area (Å²) in [6.07, 6.45) is 1.59. The Hall–Kier alpha value is -2.40. The Balaban J connectivity index is 2.21. The Morgan fingerprint density at radius 1 is 1.20 bits per heavy atom. The summed E-state index contributed by atoms with van der Waals surface area (Å²) in [5, 5.41) is 6.34. The van der Waals surface area contributed by atoms with Crippen molar-refractivity contribution in [3.63, 3.8) is 0 Å². The fourth-order valence-electron chi connectivity index (χ4n) is 1.56. The van der Waals surface area contributed by atoms with Gasteiger partial charge in [-0.3, -0.25) is 4.79 Å². The van der Waals surface area contributed by atoms with Crippen LogP contribution in [-0.2, 0) is 9.53 Å². The van der Waals surface area contributed by atoms with Crippen molar-refractivity contribution in [2.45, 2.75) is 0 Å². The normalized spacial score (nSPS) is 10.9. The fourth-order valence-corrected chi connectivity index (χ4v) is 2.18. The van der Waals surface area contributed by atoms with Crippen molar-refractivity contribution in [3.8, 4) is 0 Å². The molecule has 0 unspecified atom stereocenters. The molecule has 20 heavy (non-hydrogen) atoms. The summed E-state index contributed by atoms with van der Waals surface area (Å²) in [5.74, 6) is -0.932. The molecule has 0 aliphatic rings. The molecule has 2 rings (SSSR count). The van der Waals surface area contributed by atoms with Crippen LogP contribution < -0.4 is 5.32 Å². The van der Waals surface area contributed by atoms with Crippen molar-refractivity contribution in [1.82, 2.24) is 5.32 Å². The Morgan fingerprint density at radius 2 is 1.95 bits per heavy atom. The van der Waals surface area contributed by atoms with E-state index in [9.17, 15) is 9.59 Å². The minimum absolute atomic E-state index is 0.111. The molecule has 0 aliphatic heterocycles. The third-order valence-electron chi connectivity index (χ3n) is 2.54. The summed E-state index contributed by atoms with van der Waals surface area (Å²) in [6, 6.07) is 10.5. The zero-order valence-electron chi connectivity index (χ0n) is 10.8. The number of esters is 1. The molecule has 0 radical (unpaired) electrons. The van der Waals surface area contributed by atoms with Crippen LogP contribution in [0.3, 0.4) is 0 Å². The van der Waals surface area contributed by atoms with Gasteiger partial charge >= 0.3 is 5.97 Å². The number of ether oxygens (including phenoxy) is 1. The molecule has 0 aliphatic carbocycles. The number of rotatable bonds is 4. The summed E-state index contributed by atoms with van der Waals surface area (Å²) in [5.41, 5.74) is 1.43. The lowest BCUT2D eigenvalue weighted by molar-refractivity contribution is -0.136. The Kier molecular flexibility index (Phi) is 4.68. The average Bonchev–Trinajstić information content (AvgIpc) is 2.99. The lowest BCUT2D eigenvalue weighted by Gasteiger charge is -2.07. The molecule has 2 aromatic rings. The second-order valence-corrected chi connectivity index (χ2v) is 4.71. The maximum atomic E-state index is 12.0. The lowest BCUT2D eigenvalue weighted by atomic mass is 10.2. The van der Waals surface area contributed by atoms with E-state index in [2.05, 4.69) is 10.1 Å². The Labute approximate surface area is 120 Å². The zero-order chi connectivity index (χ0) is 14.4. The molecule has 1 aromatic carbocycles. The average molecular weight is 287 g/mol. The molecule has 0 spiro atoms. The third kappa shape index (κ3) is 3.55. The van der Waals surface area contributed by atoms with Gasteiger partial charge in [-0.25, -0.2) is 4.79 Å². The van der Waals surface area contributed by atoms with Crippen LogP contribution in [-0.4, -0.2) is 19.0 Å². The van der Waals surface area contributed by atoms with Crippen LogP contribution in [0.1, 0.15) is 15.9 Å². The molecular formula is C15H13NO3S. The number of nitrogens with one attached hydrogen (secondary N) is 1. The van der Waals surface area contributed by atoms with Crippen molar-refractivity contribution in [1.29, 1.82) is 0 Å². The number of hydrogen-bond acceptors (Lipinski definition) is 4. The van der Waals surface area contributed by atoms with Gasteiger partial charge in [0, 0.05) is 5.56 Å². The van der Waals surface area contributed by atoms with Crippen LogP contribution in [0.15, 0.2) is 52.9 Å². The van der Waals surface area contributed by atoms with Gasteiger partial charge in [-0.05, 0) is 40.6 Å². The third-order valence-corrected chi connectivity index (χ3v) is 3.25. The van der Waals surface area contributed by atoms with E-state index in [1.807, 2.05) is 22.9 Å². The Bertz CT molecular complexity index is 618. The van der Waals surface area contributed by atoms with E-state index in [4.69, 9.17) is 0 Å². The van der Waals surface area contributed by atoms with E-state index < -0.39 is 5.97 Å². The highest BCUT2D eigenvalue weighted by Crippen LogP contribution is 2.11. The van der Waals surface area contributed by atoms with E-state index >= 15 is 0 Å². The van der Waals surface area contributed by atoms with Crippen LogP contribution >= 0.6 is 11.3 Å². The van der Waals surface area contributed by atoms with Crippen molar-refractivity contribution in [2.75, 3.05) is 7.11 Å². The highest BCUT2D eigenvalue weighted by molar-refractivity contribution is 7.08. The summed E-state index contributed by atoms with van der Waals surface area (Å²) < 4.78 is 4.68. The number of methoxy groups -OCH3 is 1. The van der Waals surface area contributed by atoms with Crippen LogP contribution in [0.2, 0.25) is 0 Å². The van der Waals surface area contributed by atoms with Gasteiger partial charge in [-0.1, -0.05) is 18.2 Å². The first-order valence-electron chi connectivity index (χ1n) is 5.89. The Morgan fingerprint density at radius 3 is 2.55 bits per heavy atom. The van der Waals surface area contributed by atoms with Gasteiger partial charge in [0.25, 0.3) is 5.91 Å². The molecule has 4 nitrogen and oxygen atoms in total. The smallest absolute Gasteiger partial charge is 0.354 e. The van der Waals surface area contributed by atoms with Crippen LogP contribution in [0.4, 0.5) is 0 Å². The first-order chi connectivity index (χ1) is 9.70. The summed E-state index contributed by atoms with van der Waals surface area (Å²) >= 11 is 1.51. The maximum Gasteiger partial charge on any atom is 0.354 e. The zero-order valence-corrected chi connectivity index (χ0v) is 11.6. The van der Waals surface area contributed by atoms with Crippen molar-refractivity contribution in [2.24, 2.45) is 0 Å². The number of benzene rings is 1. The summed E-state index contributed by atoms with van der Waals surface area (Å²) in [6.45, 7) is 0. The number of carbonyl (C=O) groups excluding carboxylic acids is 2. The SMILES string of the molecule is COC(=O)/C(=C\c1ccsc1)NC(=O)c1ccccc1. The monoisotopic (exact) mass is 287 g/mol. The van der Waals surface area contributed by atoms with Crippen LogP contribution in [0.25, 0.3) is 6.08 Å². The molecule has 102 valence electrons. The minimum Gasteiger partial charge on any atom is -0.464 e. The van der Waals surface area contributed by atoms with Gasteiger partial charge in [0.05, 0.1) is 7.11 Å². The van der Waals surface area contributed by atoms with E-state index in [0.29, 0.717) is 5.56 Å². The number of amides is 1. The highest BCUT2D eigenvalue weighted by Gasteiger charge is 2.14. The number of hydrogen-bond donors (Lipinski definition) is 1. The molecule has 1 aromatic heterocycles.